The van der Waals surface area contributed by atoms with Crippen LogP contribution in [-0.2, 0) is 0 Å². The van der Waals surface area contributed by atoms with Gasteiger partial charge in [-0.15, -0.1) is 0 Å². The van der Waals surface area contributed by atoms with E-state index in [4.69, 9.17) is 15.2 Å². The fourth-order valence-electron chi connectivity index (χ4n) is 5.06. The van der Waals surface area contributed by atoms with Crippen LogP contribution in [0.15, 0.2) is 128 Å². The first-order chi connectivity index (χ1) is 19.3. The van der Waals surface area contributed by atoms with E-state index < -0.39 is 0 Å². The number of pyridine rings is 3. The third-order valence-corrected chi connectivity index (χ3v) is 6.98. The highest BCUT2D eigenvalue weighted by molar-refractivity contribution is 6.08. The molecular weight excluding hydrogens is 478 g/mol. The molecule has 4 aromatic heterocycles. The Bertz CT molecular complexity index is 1960. The second kappa shape index (κ2) is 9.37. The zero-order valence-corrected chi connectivity index (χ0v) is 20.9. The van der Waals surface area contributed by atoms with Gasteiger partial charge in [-0.25, -0.2) is 9.97 Å². The Morgan fingerprint density at radius 2 is 1.18 bits per heavy atom. The van der Waals surface area contributed by atoms with Gasteiger partial charge in [0.15, 0.2) is 0 Å². The normalized spacial score (nSPS) is 11.1. The first kappa shape index (κ1) is 22.6. The van der Waals surface area contributed by atoms with E-state index >= 15 is 0 Å². The van der Waals surface area contributed by atoms with Crippen molar-refractivity contribution in [1.29, 1.82) is 5.26 Å². The standard InChI is InChI=1S/C34H21N5/c35-21-23-11-13-24(14-12-23)25-15-17-26(18-16-25)29-6-3-7-30(37-29)31-8-4-10-34(38-31)39-32-9-2-1-5-27(32)28-22-36-20-19-33(28)39/h1-20,22H. The van der Waals surface area contributed by atoms with Crippen molar-refractivity contribution in [2.45, 2.75) is 0 Å². The van der Waals surface area contributed by atoms with Crippen molar-refractivity contribution < 1.29 is 0 Å². The summed E-state index contributed by atoms with van der Waals surface area (Å²) in [4.78, 5) is 14.4. The summed E-state index contributed by atoms with van der Waals surface area (Å²) in [5.41, 5.74) is 8.52. The highest BCUT2D eigenvalue weighted by Gasteiger charge is 2.14. The molecule has 5 heteroatoms. The number of hydrogen-bond acceptors (Lipinski definition) is 4. The largest absolute Gasteiger partial charge is 0.294 e. The molecule has 0 aliphatic heterocycles. The number of hydrogen-bond donors (Lipinski definition) is 0. The summed E-state index contributed by atoms with van der Waals surface area (Å²) < 4.78 is 2.18. The smallest absolute Gasteiger partial charge is 0.138 e. The molecule has 0 spiro atoms. The van der Waals surface area contributed by atoms with Crippen LogP contribution in [-0.4, -0.2) is 19.5 Å². The Morgan fingerprint density at radius 3 is 1.97 bits per heavy atom. The van der Waals surface area contributed by atoms with Crippen LogP contribution in [0.3, 0.4) is 0 Å². The zero-order chi connectivity index (χ0) is 26.2. The summed E-state index contributed by atoms with van der Waals surface area (Å²) >= 11 is 0. The summed E-state index contributed by atoms with van der Waals surface area (Å²) in [5, 5.41) is 11.3. The number of fused-ring (bicyclic) bond motifs is 3. The fourth-order valence-corrected chi connectivity index (χ4v) is 5.06. The van der Waals surface area contributed by atoms with Crippen molar-refractivity contribution in [2.24, 2.45) is 0 Å². The van der Waals surface area contributed by atoms with E-state index in [0.717, 1.165) is 61.4 Å². The van der Waals surface area contributed by atoms with Crippen molar-refractivity contribution in [3.63, 3.8) is 0 Å². The summed E-state index contributed by atoms with van der Waals surface area (Å²) in [6.45, 7) is 0. The van der Waals surface area contributed by atoms with Crippen molar-refractivity contribution in [3.05, 3.63) is 133 Å². The molecule has 5 nitrogen and oxygen atoms in total. The number of rotatable bonds is 4. The van der Waals surface area contributed by atoms with E-state index in [0.29, 0.717) is 5.56 Å². The van der Waals surface area contributed by atoms with E-state index in [1.54, 1.807) is 0 Å². The van der Waals surface area contributed by atoms with Crippen LogP contribution in [0, 0.1) is 11.3 Å². The molecule has 0 saturated heterocycles. The second-order valence-electron chi connectivity index (χ2n) is 9.30. The lowest BCUT2D eigenvalue weighted by atomic mass is 10.0. The van der Waals surface area contributed by atoms with Crippen molar-refractivity contribution in [1.82, 2.24) is 19.5 Å². The molecule has 0 unspecified atom stereocenters. The highest BCUT2D eigenvalue weighted by Crippen LogP contribution is 2.31. The monoisotopic (exact) mass is 499 g/mol. The van der Waals surface area contributed by atoms with Crippen LogP contribution < -0.4 is 0 Å². The summed E-state index contributed by atoms with van der Waals surface area (Å²) in [6.07, 6.45) is 3.73. The number of aromatic nitrogens is 4. The Balaban J connectivity index is 1.25. The Hall–Kier alpha value is -5.60. The second-order valence-corrected chi connectivity index (χ2v) is 9.30. The van der Waals surface area contributed by atoms with Crippen LogP contribution in [0.4, 0.5) is 0 Å². The summed E-state index contributed by atoms with van der Waals surface area (Å²) in [7, 11) is 0. The molecule has 0 radical (unpaired) electrons. The molecule has 0 amide bonds. The lowest BCUT2D eigenvalue weighted by Crippen LogP contribution is -1.99. The van der Waals surface area contributed by atoms with Gasteiger partial charge in [-0.05, 0) is 59.7 Å². The molecule has 7 rings (SSSR count). The SMILES string of the molecule is N#Cc1ccc(-c2ccc(-c3cccc(-c4cccc(-n5c6ccccc6c6cnccc65)n4)n3)cc2)cc1. The lowest BCUT2D eigenvalue weighted by Gasteiger charge is -2.10. The van der Waals surface area contributed by atoms with E-state index in [1.807, 2.05) is 85.2 Å². The van der Waals surface area contributed by atoms with Crippen LogP contribution >= 0.6 is 0 Å². The maximum atomic E-state index is 9.05. The average molecular weight is 500 g/mol. The van der Waals surface area contributed by atoms with Gasteiger partial charge in [-0.3, -0.25) is 9.55 Å². The van der Waals surface area contributed by atoms with E-state index in [2.05, 4.69) is 58.1 Å². The molecular formula is C34H21N5. The third kappa shape index (κ3) is 4.01. The molecule has 0 bridgehead atoms. The molecule has 7 aromatic rings. The number of para-hydroxylation sites is 1. The zero-order valence-electron chi connectivity index (χ0n) is 20.9. The molecule has 0 saturated carbocycles. The predicted molar refractivity (Wildman–Crippen MR) is 155 cm³/mol. The maximum absolute atomic E-state index is 9.05. The van der Waals surface area contributed by atoms with Gasteiger partial charge in [-0.2, -0.15) is 5.26 Å². The number of nitriles is 1. The average Bonchev–Trinajstić information content (AvgIpc) is 3.36. The Morgan fingerprint density at radius 1 is 0.538 bits per heavy atom. The lowest BCUT2D eigenvalue weighted by molar-refractivity contribution is 1.08. The van der Waals surface area contributed by atoms with Crippen LogP contribution in [0.2, 0.25) is 0 Å². The van der Waals surface area contributed by atoms with Gasteiger partial charge in [-0.1, -0.05) is 66.7 Å². The highest BCUT2D eigenvalue weighted by atomic mass is 15.1. The molecule has 0 fully saturated rings. The van der Waals surface area contributed by atoms with Gasteiger partial charge in [0.05, 0.1) is 39.7 Å². The minimum atomic E-state index is 0.657. The minimum Gasteiger partial charge on any atom is -0.294 e. The Kier molecular flexibility index (Phi) is 5.42. The van der Waals surface area contributed by atoms with Crippen molar-refractivity contribution in [2.75, 3.05) is 0 Å². The Labute approximate surface area is 225 Å². The maximum Gasteiger partial charge on any atom is 0.138 e. The molecule has 0 aliphatic carbocycles. The van der Waals surface area contributed by atoms with Gasteiger partial charge >= 0.3 is 0 Å². The van der Waals surface area contributed by atoms with Gasteiger partial charge in [0, 0.05) is 28.7 Å². The first-order valence-electron chi connectivity index (χ1n) is 12.7. The van der Waals surface area contributed by atoms with Gasteiger partial charge < -0.3 is 0 Å². The molecule has 4 heterocycles. The molecule has 182 valence electrons. The number of benzene rings is 3. The third-order valence-electron chi connectivity index (χ3n) is 6.98. The number of nitrogens with zero attached hydrogens (tertiary/aromatic N) is 5. The minimum absolute atomic E-state index is 0.657. The topological polar surface area (TPSA) is 67.4 Å². The predicted octanol–water partition coefficient (Wildman–Crippen LogP) is 7.84. The molecule has 0 N–H and O–H groups in total. The van der Waals surface area contributed by atoms with Crippen LogP contribution in [0.25, 0.3) is 61.4 Å². The molecule has 0 aliphatic rings. The molecule has 39 heavy (non-hydrogen) atoms. The fraction of sp³-hybridized carbons (Fsp3) is 0. The molecule has 3 aromatic carbocycles. The van der Waals surface area contributed by atoms with Crippen LogP contribution in [0.5, 0.6) is 0 Å². The van der Waals surface area contributed by atoms with E-state index in [9.17, 15) is 0 Å². The molecule has 0 atom stereocenters. The van der Waals surface area contributed by atoms with Gasteiger partial charge in [0.2, 0.25) is 0 Å². The van der Waals surface area contributed by atoms with E-state index in [-0.39, 0.29) is 0 Å². The van der Waals surface area contributed by atoms with Crippen LogP contribution in [0.1, 0.15) is 5.56 Å². The van der Waals surface area contributed by atoms with Crippen molar-refractivity contribution in [3.8, 4) is 45.7 Å². The quantitative estimate of drug-likeness (QED) is 0.247. The van der Waals surface area contributed by atoms with E-state index in [1.165, 1.54) is 0 Å². The summed E-state index contributed by atoms with van der Waals surface area (Å²) in [6, 6.07) is 40.6. The van der Waals surface area contributed by atoms with Gasteiger partial charge in [0.25, 0.3) is 0 Å². The van der Waals surface area contributed by atoms with Crippen molar-refractivity contribution >= 4 is 21.8 Å². The first-order valence-corrected chi connectivity index (χ1v) is 12.7. The van der Waals surface area contributed by atoms with Gasteiger partial charge in [0.1, 0.15) is 5.82 Å². The summed E-state index contributed by atoms with van der Waals surface area (Å²) in [5.74, 6) is 0.837.